The Balaban J connectivity index is 1.36. The summed E-state index contributed by atoms with van der Waals surface area (Å²) in [5, 5.41) is 12.9. The fourth-order valence-electron chi connectivity index (χ4n) is 6.35. The van der Waals surface area contributed by atoms with Crippen molar-refractivity contribution in [1.29, 1.82) is 5.26 Å². The van der Waals surface area contributed by atoms with Crippen LogP contribution < -0.4 is 15.0 Å². The highest BCUT2D eigenvalue weighted by Crippen LogP contribution is 2.41. The lowest BCUT2D eigenvalue weighted by atomic mass is 9.95. The Morgan fingerprint density at radius 2 is 2.16 bits per heavy atom. The molecule has 202 valence electrons. The molecule has 0 aliphatic carbocycles. The first-order chi connectivity index (χ1) is 17.7. The number of hydrogen-bond acceptors (Lipinski definition) is 8. The molecule has 5 rings (SSSR count). The molecule has 1 aromatic rings. The van der Waals surface area contributed by atoms with Gasteiger partial charge in [-0.25, -0.2) is 14.2 Å². The predicted octanol–water partition coefficient (Wildman–Crippen LogP) is 3.02. The second kappa shape index (κ2) is 10.3. The van der Waals surface area contributed by atoms with Crippen molar-refractivity contribution in [2.45, 2.75) is 82.8 Å². The molecule has 0 radical (unpaired) electrons. The van der Waals surface area contributed by atoms with Crippen LogP contribution >= 0.6 is 0 Å². The molecule has 1 amide bonds. The van der Waals surface area contributed by atoms with Crippen LogP contribution in [0.2, 0.25) is 0 Å². The minimum Gasteiger partial charge on any atom is -0.476 e. The topological polar surface area (TPSA) is 94.0 Å². The van der Waals surface area contributed by atoms with E-state index in [1.54, 1.807) is 4.90 Å². The van der Waals surface area contributed by atoms with Gasteiger partial charge in [0.25, 0.3) is 0 Å². The number of hydrogen-bond donors (Lipinski definition) is 1. The Morgan fingerprint density at radius 1 is 1.32 bits per heavy atom. The number of rotatable bonds is 5. The van der Waals surface area contributed by atoms with Crippen LogP contribution in [0.4, 0.5) is 14.9 Å². The van der Waals surface area contributed by atoms with Gasteiger partial charge in [-0.2, -0.15) is 5.26 Å². The third-order valence-corrected chi connectivity index (χ3v) is 8.04. The zero-order valence-electron chi connectivity index (χ0n) is 22.3. The maximum Gasteiger partial charge on any atom is 0.410 e. The molecule has 0 unspecified atom stereocenters. The summed E-state index contributed by atoms with van der Waals surface area (Å²) < 4.78 is 26.2. The summed E-state index contributed by atoms with van der Waals surface area (Å²) in [6, 6.07) is 3.99. The summed E-state index contributed by atoms with van der Waals surface area (Å²) in [5.41, 5.74) is 2.40. The number of anilines is 1. The molecule has 5 heterocycles. The standard InChI is InChI=1S/C27H39FN6O3/c1-26(2,3)37-25(35)34-12-11-32(17-20(34)5-8-29)23-13-24(31-22-15-30-9-6-21(22)23)36-18-27-7-4-10-33(27)16-19(28)14-27/h13,19-20,30H,4-7,9-12,14-18H2,1-3H3/t19-,20+,27+/m1/s1. The van der Waals surface area contributed by atoms with Crippen LogP contribution in [-0.4, -0.2) is 90.1 Å². The van der Waals surface area contributed by atoms with Crippen LogP contribution in [0.3, 0.4) is 0 Å². The number of aromatic nitrogens is 1. The van der Waals surface area contributed by atoms with Crippen LogP contribution in [0.25, 0.3) is 0 Å². The lowest BCUT2D eigenvalue weighted by molar-refractivity contribution is 0.0145. The van der Waals surface area contributed by atoms with Gasteiger partial charge in [0.2, 0.25) is 5.88 Å². The minimum atomic E-state index is -0.793. The number of halogens is 1. The third kappa shape index (κ3) is 5.48. The molecule has 4 aliphatic rings. The number of pyridine rings is 1. The summed E-state index contributed by atoms with van der Waals surface area (Å²) >= 11 is 0. The van der Waals surface area contributed by atoms with Crippen LogP contribution in [0.1, 0.15) is 57.7 Å². The first kappa shape index (κ1) is 26.0. The monoisotopic (exact) mass is 514 g/mol. The van der Waals surface area contributed by atoms with Gasteiger partial charge in [0, 0.05) is 50.9 Å². The Hall–Kier alpha value is -2.64. The molecule has 4 aliphatic heterocycles. The Morgan fingerprint density at radius 3 is 2.95 bits per heavy atom. The van der Waals surface area contributed by atoms with Gasteiger partial charge < -0.3 is 24.6 Å². The summed E-state index contributed by atoms with van der Waals surface area (Å²) in [6.45, 7) is 10.6. The lowest BCUT2D eigenvalue weighted by Gasteiger charge is -2.43. The molecule has 0 aromatic carbocycles. The highest BCUT2D eigenvalue weighted by molar-refractivity contribution is 5.69. The van der Waals surface area contributed by atoms with Gasteiger partial charge in [0.15, 0.2) is 0 Å². The molecule has 1 aromatic heterocycles. The quantitative estimate of drug-likeness (QED) is 0.641. The Bertz CT molecular complexity index is 1060. The second-order valence-corrected chi connectivity index (χ2v) is 11.8. The number of amides is 1. The number of piperazine rings is 1. The number of nitrogens with one attached hydrogen (secondary N) is 1. The van der Waals surface area contributed by atoms with Gasteiger partial charge in [-0.05, 0) is 58.7 Å². The van der Waals surface area contributed by atoms with Crippen molar-refractivity contribution in [2.75, 3.05) is 50.8 Å². The van der Waals surface area contributed by atoms with E-state index in [1.165, 1.54) is 5.56 Å². The first-order valence-corrected chi connectivity index (χ1v) is 13.5. The molecular formula is C27H39FN6O3. The highest BCUT2D eigenvalue weighted by Gasteiger charge is 2.49. The smallest absolute Gasteiger partial charge is 0.410 e. The molecule has 0 spiro atoms. The fraction of sp³-hybridized carbons (Fsp3) is 0.741. The fourth-order valence-corrected chi connectivity index (χ4v) is 6.35. The average molecular weight is 515 g/mol. The van der Waals surface area contributed by atoms with E-state index in [4.69, 9.17) is 14.5 Å². The van der Waals surface area contributed by atoms with Crippen molar-refractivity contribution in [2.24, 2.45) is 0 Å². The van der Waals surface area contributed by atoms with Crippen LogP contribution in [0.15, 0.2) is 6.07 Å². The number of alkyl halides is 1. The molecule has 3 fully saturated rings. The number of ether oxygens (including phenoxy) is 2. The molecule has 3 atom stereocenters. The van der Waals surface area contributed by atoms with E-state index in [2.05, 4.69) is 21.2 Å². The summed E-state index contributed by atoms with van der Waals surface area (Å²) in [4.78, 5) is 23.9. The Labute approximate surface area is 218 Å². The summed E-state index contributed by atoms with van der Waals surface area (Å²) in [7, 11) is 0. The third-order valence-electron chi connectivity index (χ3n) is 8.04. The molecule has 0 bridgehead atoms. The van der Waals surface area contributed by atoms with Crippen molar-refractivity contribution >= 4 is 11.8 Å². The van der Waals surface area contributed by atoms with Crippen LogP contribution in [0.5, 0.6) is 5.88 Å². The number of carbonyl (C=O) groups is 1. The maximum absolute atomic E-state index is 14.2. The average Bonchev–Trinajstić information content (AvgIpc) is 3.37. The van der Waals surface area contributed by atoms with E-state index in [0.29, 0.717) is 51.6 Å². The van der Waals surface area contributed by atoms with E-state index in [9.17, 15) is 14.4 Å². The number of carbonyl (C=O) groups excluding carboxylic acids is 1. The van der Waals surface area contributed by atoms with Crippen molar-refractivity contribution in [3.05, 3.63) is 17.3 Å². The van der Waals surface area contributed by atoms with E-state index in [0.717, 1.165) is 43.7 Å². The van der Waals surface area contributed by atoms with Gasteiger partial charge >= 0.3 is 6.09 Å². The van der Waals surface area contributed by atoms with E-state index < -0.39 is 11.8 Å². The van der Waals surface area contributed by atoms with E-state index in [1.807, 2.05) is 26.8 Å². The maximum atomic E-state index is 14.2. The Kier molecular flexibility index (Phi) is 7.20. The SMILES string of the molecule is CC(C)(C)OC(=O)N1CCN(c2cc(OC[C@@]34CCCN3C[C@H](F)C4)nc3c2CCNC3)C[C@@H]1CC#N. The van der Waals surface area contributed by atoms with Crippen molar-refractivity contribution < 1.29 is 18.7 Å². The molecule has 0 saturated carbocycles. The molecular weight excluding hydrogens is 475 g/mol. The summed E-state index contributed by atoms with van der Waals surface area (Å²) in [5.74, 6) is 0.562. The van der Waals surface area contributed by atoms with Gasteiger partial charge in [0.05, 0.1) is 29.8 Å². The van der Waals surface area contributed by atoms with Gasteiger partial charge in [0.1, 0.15) is 18.4 Å². The van der Waals surface area contributed by atoms with Gasteiger partial charge in [-0.3, -0.25) is 4.90 Å². The number of nitrogens with zero attached hydrogens (tertiary/aromatic N) is 5. The van der Waals surface area contributed by atoms with Gasteiger partial charge in [-0.15, -0.1) is 0 Å². The molecule has 37 heavy (non-hydrogen) atoms. The first-order valence-electron chi connectivity index (χ1n) is 13.5. The zero-order valence-corrected chi connectivity index (χ0v) is 22.3. The van der Waals surface area contributed by atoms with E-state index >= 15 is 0 Å². The largest absolute Gasteiger partial charge is 0.476 e. The number of fused-ring (bicyclic) bond motifs is 2. The van der Waals surface area contributed by atoms with Gasteiger partial charge in [-0.1, -0.05) is 0 Å². The zero-order chi connectivity index (χ0) is 26.2. The highest BCUT2D eigenvalue weighted by atomic mass is 19.1. The van der Waals surface area contributed by atoms with Crippen molar-refractivity contribution in [3.63, 3.8) is 0 Å². The van der Waals surface area contributed by atoms with E-state index in [-0.39, 0.29) is 24.1 Å². The number of nitriles is 1. The minimum absolute atomic E-state index is 0.230. The molecule has 9 nitrogen and oxygen atoms in total. The summed E-state index contributed by atoms with van der Waals surface area (Å²) in [6.07, 6.45) is 2.47. The van der Waals surface area contributed by atoms with Crippen LogP contribution in [-0.2, 0) is 17.7 Å². The molecule has 10 heteroatoms. The van der Waals surface area contributed by atoms with Crippen molar-refractivity contribution in [3.8, 4) is 11.9 Å². The van der Waals surface area contributed by atoms with Crippen LogP contribution in [0, 0.1) is 11.3 Å². The second-order valence-electron chi connectivity index (χ2n) is 11.8. The molecule has 3 saturated heterocycles. The van der Waals surface area contributed by atoms with Crippen molar-refractivity contribution in [1.82, 2.24) is 20.1 Å². The normalized spacial score (nSPS) is 28.0. The predicted molar refractivity (Wildman–Crippen MR) is 137 cm³/mol. The lowest BCUT2D eigenvalue weighted by Crippen LogP contribution is -2.56. The molecule has 1 N–H and O–H groups in total.